The summed E-state index contributed by atoms with van der Waals surface area (Å²) in [4.78, 5) is 35.1. The van der Waals surface area contributed by atoms with Gasteiger partial charge in [-0.3, -0.25) is 9.59 Å². The third kappa shape index (κ3) is 3.22. The molecule has 134 valence electrons. The number of benzene rings is 1. The number of nitrogens with zero attached hydrogens (tertiary/aromatic N) is 2. The molecule has 0 aliphatic carbocycles. The molecule has 6 nitrogen and oxygen atoms in total. The fourth-order valence-electron chi connectivity index (χ4n) is 3.56. The highest BCUT2D eigenvalue weighted by molar-refractivity contribution is 5.94. The lowest BCUT2D eigenvalue weighted by molar-refractivity contribution is -0.130. The van der Waals surface area contributed by atoms with Crippen molar-refractivity contribution in [1.29, 1.82) is 0 Å². The molecule has 2 N–H and O–H groups in total. The molecule has 0 bridgehead atoms. The van der Waals surface area contributed by atoms with Gasteiger partial charge in [0.25, 0.3) is 5.91 Å². The van der Waals surface area contributed by atoms with Crippen LogP contribution in [0.15, 0.2) is 48.9 Å². The van der Waals surface area contributed by atoms with Gasteiger partial charge in [0.1, 0.15) is 0 Å². The molecular formula is C20H22N4O2. The van der Waals surface area contributed by atoms with E-state index in [2.05, 4.69) is 9.97 Å². The standard InChI is InChI=1S/C20H22N4O2/c25-19(12-16-14-22-18-5-2-1-4-17(16)18)23-8-3-9-24(11-10-23)20(26)15-6-7-21-13-15/h1-2,4-7,13-14,21-22H,3,8-12H2. The van der Waals surface area contributed by atoms with Crippen molar-refractivity contribution < 1.29 is 9.59 Å². The summed E-state index contributed by atoms with van der Waals surface area (Å²) in [5, 5.41) is 1.10. The topological polar surface area (TPSA) is 72.2 Å². The van der Waals surface area contributed by atoms with Gasteiger partial charge in [0.05, 0.1) is 12.0 Å². The highest BCUT2D eigenvalue weighted by Gasteiger charge is 2.23. The number of para-hydroxylation sites is 1. The van der Waals surface area contributed by atoms with Crippen molar-refractivity contribution in [2.45, 2.75) is 12.8 Å². The predicted octanol–water partition coefficient (Wildman–Crippen LogP) is 2.41. The SMILES string of the molecule is O=C(Cc1c[nH]c2ccccc12)N1CCCN(C(=O)c2cc[nH]c2)CC1. The number of H-pyrrole nitrogens is 2. The molecular weight excluding hydrogens is 328 g/mol. The van der Waals surface area contributed by atoms with E-state index in [9.17, 15) is 9.59 Å². The van der Waals surface area contributed by atoms with Gasteiger partial charge in [0, 0.05) is 55.7 Å². The van der Waals surface area contributed by atoms with Gasteiger partial charge in [-0.15, -0.1) is 0 Å². The minimum Gasteiger partial charge on any atom is -0.367 e. The van der Waals surface area contributed by atoms with Crippen LogP contribution in [0.5, 0.6) is 0 Å². The molecule has 0 unspecified atom stereocenters. The Balaban J connectivity index is 1.40. The number of hydrogen-bond donors (Lipinski definition) is 2. The number of rotatable bonds is 3. The van der Waals surface area contributed by atoms with Gasteiger partial charge in [-0.2, -0.15) is 0 Å². The molecule has 0 spiro atoms. The lowest BCUT2D eigenvalue weighted by Crippen LogP contribution is -2.37. The van der Waals surface area contributed by atoms with Crippen LogP contribution in [0.1, 0.15) is 22.3 Å². The van der Waals surface area contributed by atoms with Gasteiger partial charge in [0.15, 0.2) is 0 Å². The van der Waals surface area contributed by atoms with E-state index in [4.69, 9.17) is 0 Å². The summed E-state index contributed by atoms with van der Waals surface area (Å²) in [6.45, 7) is 2.53. The molecule has 0 saturated carbocycles. The molecule has 1 aliphatic heterocycles. The summed E-state index contributed by atoms with van der Waals surface area (Å²) in [5.74, 6) is 0.142. The Bertz CT molecular complexity index is 913. The first-order valence-electron chi connectivity index (χ1n) is 8.97. The lowest BCUT2D eigenvalue weighted by atomic mass is 10.1. The second-order valence-corrected chi connectivity index (χ2v) is 6.66. The van der Waals surface area contributed by atoms with Crippen LogP contribution in [0.4, 0.5) is 0 Å². The number of aromatic amines is 2. The molecule has 2 amide bonds. The van der Waals surface area contributed by atoms with Crippen LogP contribution in [0.25, 0.3) is 10.9 Å². The van der Waals surface area contributed by atoms with Gasteiger partial charge in [-0.25, -0.2) is 0 Å². The van der Waals surface area contributed by atoms with Gasteiger partial charge in [-0.05, 0) is 24.1 Å². The third-order valence-corrected chi connectivity index (χ3v) is 5.00. The van der Waals surface area contributed by atoms with E-state index in [1.54, 1.807) is 18.5 Å². The maximum absolute atomic E-state index is 12.8. The first kappa shape index (κ1) is 16.4. The largest absolute Gasteiger partial charge is 0.367 e. The quantitative estimate of drug-likeness (QED) is 0.761. The second-order valence-electron chi connectivity index (χ2n) is 6.66. The van der Waals surface area contributed by atoms with Crippen molar-refractivity contribution in [3.05, 3.63) is 60.0 Å². The molecule has 3 aromatic rings. The van der Waals surface area contributed by atoms with Crippen LogP contribution >= 0.6 is 0 Å². The Morgan fingerprint density at radius 3 is 2.62 bits per heavy atom. The van der Waals surface area contributed by atoms with Crippen molar-refractivity contribution in [3.63, 3.8) is 0 Å². The fraction of sp³-hybridized carbons (Fsp3) is 0.300. The average molecular weight is 350 g/mol. The summed E-state index contributed by atoms with van der Waals surface area (Å²) < 4.78 is 0. The van der Waals surface area contributed by atoms with Gasteiger partial charge >= 0.3 is 0 Å². The van der Waals surface area contributed by atoms with Crippen LogP contribution in [0, 0.1) is 0 Å². The summed E-state index contributed by atoms with van der Waals surface area (Å²) in [6.07, 6.45) is 6.57. The number of amides is 2. The first-order valence-corrected chi connectivity index (χ1v) is 8.97. The lowest BCUT2D eigenvalue weighted by Gasteiger charge is -2.22. The molecule has 1 aromatic carbocycles. The van der Waals surface area contributed by atoms with Gasteiger partial charge in [-0.1, -0.05) is 18.2 Å². The number of aromatic nitrogens is 2. The predicted molar refractivity (Wildman–Crippen MR) is 99.9 cm³/mol. The molecule has 0 atom stereocenters. The zero-order valence-corrected chi connectivity index (χ0v) is 14.6. The van der Waals surface area contributed by atoms with E-state index in [0.29, 0.717) is 38.2 Å². The minimum atomic E-state index is 0.0252. The molecule has 0 radical (unpaired) electrons. The van der Waals surface area contributed by atoms with Crippen LogP contribution in [-0.2, 0) is 11.2 Å². The Hall–Kier alpha value is -3.02. The van der Waals surface area contributed by atoms with E-state index in [-0.39, 0.29) is 11.8 Å². The van der Waals surface area contributed by atoms with Crippen LogP contribution in [0.3, 0.4) is 0 Å². The first-order chi connectivity index (χ1) is 12.7. The number of carbonyl (C=O) groups is 2. The summed E-state index contributed by atoms with van der Waals surface area (Å²) in [5.41, 5.74) is 2.74. The van der Waals surface area contributed by atoms with Crippen molar-refractivity contribution in [2.24, 2.45) is 0 Å². The molecule has 26 heavy (non-hydrogen) atoms. The molecule has 2 aromatic heterocycles. The van der Waals surface area contributed by atoms with Crippen molar-refractivity contribution in [3.8, 4) is 0 Å². The summed E-state index contributed by atoms with van der Waals surface area (Å²) >= 11 is 0. The normalized spacial score (nSPS) is 15.2. The molecule has 1 aliphatic rings. The molecule has 1 saturated heterocycles. The van der Waals surface area contributed by atoms with E-state index in [1.807, 2.05) is 40.3 Å². The zero-order chi connectivity index (χ0) is 17.9. The molecule has 1 fully saturated rings. The van der Waals surface area contributed by atoms with Gasteiger partial charge in [0.2, 0.25) is 5.91 Å². The Labute approximate surface area is 151 Å². The number of fused-ring (bicyclic) bond motifs is 1. The molecule has 6 heteroatoms. The van der Waals surface area contributed by atoms with E-state index >= 15 is 0 Å². The minimum absolute atomic E-state index is 0.0252. The zero-order valence-electron chi connectivity index (χ0n) is 14.6. The monoisotopic (exact) mass is 350 g/mol. The number of nitrogens with one attached hydrogen (secondary N) is 2. The van der Waals surface area contributed by atoms with Crippen molar-refractivity contribution in [1.82, 2.24) is 19.8 Å². The Morgan fingerprint density at radius 2 is 1.77 bits per heavy atom. The highest BCUT2D eigenvalue weighted by atomic mass is 16.2. The molecule has 4 rings (SSSR count). The van der Waals surface area contributed by atoms with Crippen LogP contribution < -0.4 is 0 Å². The van der Waals surface area contributed by atoms with Gasteiger partial charge < -0.3 is 19.8 Å². The van der Waals surface area contributed by atoms with Crippen LogP contribution in [0.2, 0.25) is 0 Å². The summed E-state index contributed by atoms with van der Waals surface area (Å²) in [6, 6.07) is 9.80. The summed E-state index contributed by atoms with van der Waals surface area (Å²) in [7, 11) is 0. The number of hydrogen-bond acceptors (Lipinski definition) is 2. The van der Waals surface area contributed by atoms with Crippen molar-refractivity contribution >= 4 is 22.7 Å². The number of carbonyl (C=O) groups excluding carboxylic acids is 2. The van der Waals surface area contributed by atoms with E-state index < -0.39 is 0 Å². The van der Waals surface area contributed by atoms with Crippen LogP contribution in [-0.4, -0.2) is 57.8 Å². The Morgan fingerprint density at radius 1 is 0.962 bits per heavy atom. The third-order valence-electron chi connectivity index (χ3n) is 5.00. The smallest absolute Gasteiger partial charge is 0.255 e. The fourth-order valence-corrected chi connectivity index (χ4v) is 3.56. The molecule has 3 heterocycles. The Kier molecular flexibility index (Phi) is 4.48. The maximum atomic E-state index is 12.8. The highest BCUT2D eigenvalue weighted by Crippen LogP contribution is 2.19. The second kappa shape index (κ2) is 7.07. The average Bonchev–Trinajstić information content (AvgIpc) is 3.26. The van der Waals surface area contributed by atoms with E-state index in [0.717, 1.165) is 22.9 Å². The van der Waals surface area contributed by atoms with Crippen molar-refractivity contribution in [2.75, 3.05) is 26.2 Å². The maximum Gasteiger partial charge on any atom is 0.255 e. The van der Waals surface area contributed by atoms with E-state index in [1.165, 1.54) is 0 Å².